The van der Waals surface area contributed by atoms with Gasteiger partial charge in [-0.1, -0.05) is 24.3 Å². The SMILES string of the molecule is CN=C(NCCCn1cccn1)NCc1ccc(CN2CCN(C)CC2)cc1.I. The number of guanidine groups is 1. The lowest BCUT2D eigenvalue weighted by molar-refractivity contribution is 0.148. The number of halogens is 1. The highest BCUT2D eigenvalue weighted by atomic mass is 127. The molecule has 0 aliphatic carbocycles. The lowest BCUT2D eigenvalue weighted by atomic mass is 10.1. The number of hydrogen-bond donors (Lipinski definition) is 2. The second-order valence-corrected chi connectivity index (χ2v) is 7.37. The molecule has 1 aliphatic rings. The summed E-state index contributed by atoms with van der Waals surface area (Å²) in [5.41, 5.74) is 2.65. The maximum atomic E-state index is 4.30. The molecule has 0 radical (unpaired) electrons. The third kappa shape index (κ3) is 8.31. The molecule has 0 bridgehead atoms. The van der Waals surface area contributed by atoms with Crippen molar-refractivity contribution in [1.29, 1.82) is 0 Å². The molecular weight excluding hydrogens is 477 g/mol. The quantitative estimate of drug-likeness (QED) is 0.246. The Morgan fingerprint density at radius 1 is 1.07 bits per heavy atom. The van der Waals surface area contributed by atoms with Crippen LogP contribution < -0.4 is 10.6 Å². The van der Waals surface area contributed by atoms with Gasteiger partial charge in [0.05, 0.1) is 0 Å². The number of aromatic nitrogens is 2. The second kappa shape index (κ2) is 12.8. The van der Waals surface area contributed by atoms with Crippen molar-refractivity contribution in [1.82, 2.24) is 30.2 Å². The molecule has 8 heteroatoms. The molecule has 0 atom stereocenters. The number of rotatable bonds is 8. The van der Waals surface area contributed by atoms with E-state index in [0.29, 0.717) is 0 Å². The summed E-state index contributed by atoms with van der Waals surface area (Å²) in [6, 6.07) is 10.9. The average molecular weight is 511 g/mol. The summed E-state index contributed by atoms with van der Waals surface area (Å²) in [5.74, 6) is 0.835. The van der Waals surface area contributed by atoms with Crippen molar-refractivity contribution in [2.75, 3.05) is 46.8 Å². The van der Waals surface area contributed by atoms with E-state index in [2.05, 4.69) is 61.8 Å². The van der Waals surface area contributed by atoms with Gasteiger partial charge in [-0.3, -0.25) is 14.6 Å². The van der Waals surface area contributed by atoms with E-state index in [0.717, 1.165) is 64.7 Å². The summed E-state index contributed by atoms with van der Waals surface area (Å²) in [6.07, 6.45) is 4.80. The van der Waals surface area contributed by atoms with Crippen LogP contribution >= 0.6 is 24.0 Å². The Bertz CT molecular complexity index is 707. The fourth-order valence-electron chi connectivity index (χ4n) is 3.31. The van der Waals surface area contributed by atoms with Crippen LogP contribution in [0.4, 0.5) is 0 Å². The number of aliphatic imine (C=N–C) groups is 1. The van der Waals surface area contributed by atoms with Gasteiger partial charge in [0.15, 0.2) is 5.96 Å². The van der Waals surface area contributed by atoms with Crippen LogP contribution in [0.2, 0.25) is 0 Å². The predicted molar refractivity (Wildman–Crippen MR) is 130 cm³/mol. The molecule has 1 fully saturated rings. The Kier molecular flexibility index (Phi) is 10.4. The smallest absolute Gasteiger partial charge is 0.191 e. The van der Waals surface area contributed by atoms with Crippen LogP contribution in [0.25, 0.3) is 0 Å². The van der Waals surface area contributed by atoms with Crippen molar-refractivity contribution in [2.45, 2.75) is 26.1 Å². The van der Waals surface area contributed by atoms with E-state index in [4.69, 9.17) is 0 Å². The highest BCUT2D eigenvalue weighted by Crippen LogP contribution is 2.09. The van der Waals surface area contributed by atoms with Gasteiger partial charge in [0, 0.05) is 71.8 Å². The fraction of sp³-hybridized carbons (Fsp3) is 0.524. The first-order valence-electron chi connectivity index (χ1n) is 10.1. The molecule has 0 unspecified atom stereocenters. The molecule has 1 saturated heterocycles. The normalized spacial score (nSPS) is 15.7. The summed E-state index contributed by atoms with van der Waals surface area (Å²) in [5, 5.41) is 11.0. The zero-order valence-electron chi connectivity index (χ0n) is 17.5. The highest BCUT2D eigenvalue weighted by Gasteiger charge is 2.13. The first-order valence-corrected chi connectivity index (χ1v) is 10.1. The summed E-state index contributed by atoms with van der Waals surface area (Å²) in [6.45, 7) is 8.22. The average Bonchev–Trinajstić information content (AvgIpc) is 3.24. The minimum Gasteiger partial charge on any atom is -0.356 e. The highest BCUT2D eigenvalue weighted by molar-refractivity contribution is 14.0. The van der Waals surface area contributed by atoms with Crippen molar-refractivity contribution in [3.05, 3.63) is 53.9 Å². The first kappa shape index (κ1) is 23.6. The number of piperazine rings is 1. The predicted octanol–water partition coefficient (Wildman–Crippen LogP) is 2.00. The van der Waals surface area contributed by atoms with Gasteiger partial charge < -0.3 is 15.5 Å². The van der Waals surface area contributed by atoms with Gasteiger partial charge in [0.25, 0.3) is 0 Å². The zero-order valence-corrected chi connectivity index (χ0v) is 19.9. The van der Waals surface area contributed by atoms with Gasteiger partial charge in [-0.25, -0.2) is 0 Å². The monoisotopic (exact) mass is 511 g/mol. The molecule has 160 valence electrons. The molecule has 0 amide bonds. The molecule has 1 aromatic carbocycles. The molecule has 3 rings (SSSR count). The molecule has 2 N–H and O–H groups in total. The van der Waals surface area contributed by atoms with E-state index in [1.165, 1.54) is 11.1 Å². The van der Waals surface area contributed by atoms with Gasteiger partial charge in [0.2, 0.25) is 0 Å². The number of benzene rings is 1. The van der Waals surface area contributed by atoms with E-state index < -0.39 is 0 Å². The Morgan fingerprint density at radius 2 is 1.79 bits per heavy atom. The van der Waals surface area contributed by atoms with Crippen molar-refractivity contribution >= 4 is 29.9 Å². The third-order valence-corrected chi connectivity index (χ3v) is 5.12. The molecular formula is C21H34IN7. The van der Waals surface area contributed by atoms with E-state index in [9.17, 15) is 0 Å². The van der Waals surface area contributed by atoms with Gasteiger partial charge in [-0.05, 0) is 30.7 Å². The summed E-state index contributed by atoms with van der Waals surface area (Å²) >= 11 is 0. The topological polar surface area (TPSA) is 60.7 Å². The van der Waals surface area contributed by atoms with Crippen LogP contribution in [-0.2, 0) is 19.6 Å². The van der Waals surface area contributed by atoms with Gasteiger partial charge in [0.1, 0.15) is 0 Å². The van der Waals surface area contributed by atoms with Crippen LogP contribution in [-0.4, -0.2) is 72.4 Å². The molecule has 2 heterocycles. The van der Waals surface area contributed by atoms with E-state index in [1.54, 1.807) is 0 Å². The van der Waals surface area contributed by atoms with Crippen molar-refractivity contribution < 1.29 is 0 Å². The summed E-state index contributed by atoms with van der Waals surface area (Å²) < 4.78 is 1.95. The molecule has 1 aliphatic heterocycles. The summed E-state index contributed by atoms with van der Waals surface area (Å²) in [7, 11) is 4.00. The van der Waals surface area contributed by atoms with Crippen molar-refractivity contribution in [2.24, 2.45) is 4.99 Å². The lowest BCUT2D eigenvalue weighted by Crippen LogP contribution is -2.43. The van der Waals surface area contributed by atoms with Crippen LogP contribution in [0.15, 0.2) is 47.7 Å². The zero-order chi connectivity index (χ0) is 19.6. The van der Waals surface area contributed by atoms with Crippen molar-refractivity contribution in [3.63, 3.8) is 0 Å². The Morgan fingerprint density at radius 3 is 2.45 bits per heavy atom. The Hall–Kier alpha value is -1.65. The van der Waals surface area contributed by atoms with Crippen LogP contribution in [0, 0.1) is 0 Å². The minimum atomic E-state index is 0. The number of nitrogens with zero attached hydrogens (tertiary/aromatic N) is 5. The van der Waals surface area contributed by atoms with Gasteiger partial charge in [-0.15, -0.1) is 24.0 Å². The standard InChI is InChI=1S/C21H33N7.HI/c1-22-21(23-9-3-11-28-12-4-10-25-28)24-17-19-5-7-20(8-6-19)18-27-15-13-26(2)14-16-27;/h4-8,10,12H,3,9,11,13-18H2,1-2H3,(H2,22,23,24);1H. The molecule has 0 saturated carbocycles. The molecule has 1 aromatic heterocycles. The van der Waals surface area contributed by atoms with Crippen molar-refractivity contribution in [3.8, 4) is 0 Å². The molecule has 2 aromatic rings. The van der Waals surface area contributed by atoms with Crippen LogP contribution in [0.1, 0.15) is 17.5 Å². The van der Waals surface area contributed by atoms with Crippen LogP contribution in [0.3, 0.4) is 0 Å². The fourth-order valence-corrected chi connectivity index (χ4v) is 3.31. The number of hydrogen-bond acceptors (Lipinski definition) is 4. The van der Waals surface area contributed by atoms with Gasteiger partial charge >= 0.3 is 0 Å². The molecule has 29 heavy (non-hydrogen) atoms. The Balaban J connectivity index is 0.00000300. The third-order valence-electron chi connectivity index (χ3n) is 5.12. The van der Waals surface area contributed by atoms with Gasteiger partial charge in [-0.2, -0.15) is 5.10 Å². The number of aryl methyl sites for hydroxylation is 1. The number of nitrogens with one attached hydrogen (secondary N) is 2. The molecule has 0 spiro atoms. The second-order valence-electron chi connectivity index (χ2n) is 7.37. The van der Waals surface area contributed by atoms with Crippen LogP contribution in [0.5, 0.6) is 0 Å². The maximum Gasteiger partial charge on any atom is 0.191 e. The van der Waals surface area contributed by atoms with E-state index in [1.807, 2.05) is 30.2 Å². The van der Waals surface area contributed by atoms with E-state index in [-0.39, 0.29) is 24.0 Å². The minimum absolute atomic E-state index is 0. The Labute approximate surface area is 191 Å². The first-order chi connectivity index (χ1) is 13.7. The van der Waals surface area contributed by atoms with E-state index >= 15 is 0 Å². The maximum absolute atomic E-state index is 4.30. The lowest BCUT2D eigenvalue weighted by Gasteiger charge is -2.32. The number of likely N-dealkylation sites (N-methyl/N-ethyl adjacent to an activating group) is 1. The largest absolute Gasteiger partial charge is 0.356 e. The summed E-state index contributed by atoms with van der Waals surface area (Å²) in [4.78, 5) is 9.22. The molecule has 7 nitrogen and oxygen atoms in total.